The Morgan fingerprint density at radius 2 is 1.50 bits per heavy atom. The highest BCUT2D eigenvalue weighted by Crippen LogP contribution is 2.30. The van der Waals surface area contributed by atoms with E-state index in [1.54, 1.807) is 12.5 Å². The van der Waals surface area contributed by atoms with Gasteiger partial charge < -0.3 is 0 Å². The Kier molecular flexibility index (Phi) is 2.46. The Hall–Kier alpha value is -2.74. The lowest BCUT2D eigenvalue weighted by Crippen LogP contribution is -1.86. The zero-order valence-electron chi connectivity index (χ0n) is 10.8. The average molecular weight is 256 g/mol. The summed E-state index contributed by atoms with van der Waals surface area (Å²) in [5.74, 6) is 0. The molecule has 0 aliphatic heterocycles. The first kappa shape index (κ1) is 11.1. The standard InChI is InChI=1S/C18H12N2/c1-2-5-14-11-17-15(10-13(14)4-1)6-3-7-16(17)18-8-9-19-12-20-18/h1-12H. The maximum atomic E-state index is 4.37. The molecule has 0 fully saturated rings. The van der Waals surface area contributed by atoms with Crippen molar-refractivity contribution in [3.8, 4) is 11.3 Å². The van der Waals surface area contributed by atoms with Crippen molar-refractivity contribution >= 4 is 21.5 Å². The summed E-state index contributed by atoms with van der Waals surface area (Å²) >= 11 is 0. The first-order valence-corrected chi connectivity index (χ1v) is 6.60. The second kappa shape index (κ2) is 4.42. The Balaban J connectivity index is 2.09. The Labute approximate surface area is 116 Å². The van der Waals surface area contributed by atoms with Gasteiger partial charge in [0.25, 0.3) is 0 Å². The van der Waals surface area contributed by atoms with Gasteiger partial charge in [-0.1, -0.05) is 42.5 Å². The number of nitrogens with zero attached hydrogens (tertiary/aromatic N) is 2. The number of rotatable bonds is 1. The van der Waals surface area contributed by atoms with Gasteiger partial charge in [-0.15, -0.1) is 0 Å². The van der Waals surface area contributed by atoms with Crippen LogP contribution in [-0.2, 0) is 0 Å². The van der Waals surface area contributed by atoms with Gasteiger partial charge in [0.1, 0.15) is 6.33 Å². The molecule has 94 valence electrons. The third-order valence-electron chi connectivity index (χ3n) is 3.60. The molecule has 0 aliphatic carbocycles. The molecule has 4 aromatic rings. The average Bonchev–Trinajstić information content (AvgIpc) is 2.53. The summed E-state index contributed by atoms with van der Waals surface area (Å²) in [6.07, 6.45) is 3.37. The molecule has 0 saturated carbocycles. The van der Waals surface area contributed by atoms with Gasteiger partial charge in [0, 0.05) is 11.8 Å². The minimum absolute atomic E-state index is 0.959. The Bertz CT molecular complexity index is 899. The van der Waals surface area contributed by atoms with Crippen LogP contribution < -0.4 is 0 Å². The number of fused-ring (bicyclic) bond motifs is 2. The Morgan fingerprint density at radius 3 is 2.30 bits per heavy atom. The summed E-state index contributed by atoms with van der Waals surface area (Å²) in [5.41, 5.74) is 2.11. The van der Waals surface area contributed by atoms with Gasteiger partial charge in [-0.25, -0.2) is 9.97 Å². The molecule has 0 bridgehead atoms. The van der Waals surface area contributed by atoms with Crippen molar-refractivity contribution in [2.24, 2.45) is 0 Å². The van der Waals surface area contributed by atoms with Crippen LogP contribution in [0.5, 0.6) is 0 Å². The topological polar surface area (TPSA) is 25.8 Å². The van der Waals surface area contributed by atoms with Crippen LogP contribution in [0.4, 0.5) is 0 Å². The highest BCUT2D eigenvalue weighted by atomic mass is 14.8. The van der Waals surface area contributed by atoms with Crippen LogP contribution in [0, 0.1) is 0 Å². The van der Waals surface area contributed by atoms with E-state index in [4.69, 9.17) is 0 Å². The van der Waals surface area contributed by atoms with E-state index in [9.17, 15) is 0 Å². The van der Waals surface area contributed by atoms with Gasteiger partial charge in [0.15, 0.2) is 0 Å². The van der Waals surface area contributed by atoms with E-state index < -0.39 is 0 Å². The smallest absolute Gasteiger partial charge is 0.116 e. The maximum Gasteiger partial charge on any atom is 0.116 e. The van der Waals surface area contributed by atoms with Gasteiger partial charge in [-0.3, -0.25) is 0 Å². The number of hydrogen-bond acceptors (Lipinski definition) is 2. The molecule has 0 amide bonds. The summed E-state index contributed by atoms with van der Waals surface area (Å²) in [6.45, 7) is 0. The van der Waals surface area contributed by atoms with E-state index in [0.29, 0.717) is 0 Å². The fraction of sp³-hybridized carbons (Fsp3) is 0. The second-order valence-electron chi connectivity index (χ2n) is 4.82. The van der Waals surface area contributed by atoms with Crippen molar-refractivity contribution in [2.75, 3.05) is 0 Å². The van der Waals surface area contributed by atoms with Crippen molar-refractivity contribution in [1.82, 2.24) is 9.97 Å². The zero-order valence-corrected chi connectivity index (χ0v) is 10.8. The summed E-state index contributed by atoms with van der Waals surface area (Å²) in [5, 5.41) is 4.98. The van der Waals surface area contributed by atoms with Crippen LogP contribution >= 0.6 is 0 Å². The lowest BCUT2D eigenvalue weighted by atomic mass is 9.98. The summed E-state index contributed by atoms with van der Waals surface area (Å²) in [7, 11) is 0. The summed E-state index contributed by atoms with van der Waals surface area (Å²) in [6, 6.07) is 21.2. The van der Waals surface area contributed by atoms with Crippen LogP contribution in [0.2, 0.25) is 0 Å². The third kappa shape index (κ3) is 1.74. The van der Waals surface area contributed by atoms with Crippen LogP contribution in [0.15, 0.2) is 73.2 Å². The molecule has 1 aromatic heterocycles. The first-order valence-electron chi connectivity index (χ1n) is 6.60. The van der Waals surface area contributed by atoms with E-state index in [1.165, 1.54) is 21.5 Å². The van der Waals surface area contributed by atoms with Crippen LogP contribution in [0.25, 0.3) is 32.8 Å². The van der Waals surface area contributed by atoms with Crippen LogP contribution in [-0.4, -0.2) is 9.97 Å². The molecular weight excluding hydrogens is 244 g/mol. The van der Waals surface area contributed by atoms with Gasteiger partial charge in [-0.2, -0.15) is 0 Å². The van der Waals surface area contributed by atoms with Crippen molar-refractivity contribution < 1.29 is 0 Å². The van der Waals surface area contributed by atoms with Gasteiger partial charge in [0.05, 0.1) is 5.69 Å². The fourth-order valence-corrected chi connectivity index (χ4v) is 2.64. The van der Waals surface area contributed by atoms with E-state index in [2.05, 4.69) is 64.6 Å². The van der Waals surface area contributed by atoms with Crippen LogP contribution in [0.3, 0.4) is 0 Å². The molecular formula is C18H12N2. The van der Waals surface area contributed by atoms with Crippen molar-refractivity contribution in [1.29, 1.82) is 0 Å². The van der Waals surface area contributed by atoms with Crippen molar-refractivity contribution in [3.63, 3.8) is 0 Å². The largest absolute Gasteiger partial charge is 0.245 e. The highest BCUT2D eigenvalue weighted by molar-refractivity contribution is 6.04. The molecule has 0 aliphatic rings. The summed E-state index contributed by atoms with van der Waals surface area (Å²) in [4.78, 5) is 8.36. The lowest BCUT2D eigenvalue weighted by molar-refractivity contribution is 1.17. The minimum Gasteiger partial charge on any atom is -0.245 e. The predicted molar refractivity (Wildman–Crippen MR) is 82.5 cm³/mol. The fourth-order valence-electron chi connectivity index (χ4n) is 2.64. The quantitative estimate of drug-likeness (QED) is 0.470. The van der Waals surface area contributed by atoms with Crippen molar-refractivity contribution in [3.05, 3.63) is 73.2 Å². The molecule has 0 radical (unpaired) electrons. The predicted octanol–water partition coefficient (Wildman–Crippen LogP) is 4.45. The van der Waals surface area contributed by atoms with Gasteiger partial charge >= 0.3 is 0 Å². The number of benzene rings is 3. The number of hydrogen-bond donors (Lipinski definition) is 0. The van der Waals surface area contributed by atoms with Crippen LogP contribution in [0.1, 0.15) is 0 Å². The summed E-state index contributed by atoms with van der Waals surface area (Å²) < 4.78 is 0. The molecule has 0 saturated heterocycles. The van der Waals surface area contributed by atoms with Crippen molar-refractivity contribution in [2.45, 2.75) is 0 Å². The molecule has 1 heterocycles. The third-order valence-corrected chi connectivity index (χ3v) is 3.60. The first-order chi connectivity index (χ1) is 9.92. The molecule has 0 unspecified atom stereocenters. The molecule has 0 N–H and O–H groups in total. The van der Waals surface area contributed by atoms with E-state index in [0.717, 1.165) is 11.3 Å². The molecule has 4 rings (SSSR count). The van der Waals surface area contributed by atoms with Gasteiger partial charge in [-0.05, 0) is 39.7 Å². The monoisotopic (exact) mass is 256 g/mol. The van der Waals surface area contributed by atoms with E-state index in [1.807, 2.05) is 6.07 Å². The lowest BCUT2D eigenvalue weighted by Gasteiger charge is -2.07. The Morgan fingerprint density at radius 1 is 0.700 bits per heavy atom. The maximum absolute atomic E-state index is 4.37. The van der Waals surface area contributed by atoms with E-state index in [-0.39, 0.29) is 0 Å². The number of aromatic nitrogens is 2. The van der Waals surface area contributed by atoms with Gasteiger partial charge in [0.2, 0.25) is 0 Å². The molecule has 0 spiro atoms. The zero-order chi connectivity index (χ0) is 13.4. The normalized spacial score (nSPS) is 11.0. The molecule has 0 atom stereocenters. The molecule has 20 heavy (non-hydrogen) atoms. The molecule has 2 nitrogen and oxygen atoms in total. The minimum atomic E-state index is 0.959. The highest BCUT2D eigenvalue weighted by Gasteiger charge is 2.05. The molecule has 3 aromatic carbocycles. The SMILES string of the molecule is c1ccc2cc3c(-c4ccncn4)cccc3cc2c1. The van der Waals surface area contributed by atoms with E-state index >= 15 is 0 Å². The second-order valence-corrected chi connectivity index (χ2v) is 4.82. The molecule has 2 heteroatoms.